The first kappa shape index (κ1) is 9.21. The number of rotatable bonds is 5. The van der Waals surface area contributed by atoms with Crippen LogP contribution in [0.25, 0.3) is 0 Å². The van der Waals surface area contributed by atoms with E-state index in [2.05, 4.69) is 11.7 Å². The maximum Gasteiger partial charge on any atom is 0.330 e. The fourth-order valence-corrected chi connectivity index (χ4v) is 0.573. The van der Waals surface area contributed by atoms with Crippen molar-refractivity contribution in [3.05, 3.63) is 12.7 Å². The first-order chi connectivity index (χ1) is 4.81. The lowest BCUT2D eigenvalue weighted by Crippen LogP contribution is -2.01. The predicted molar refractivity (Wildman–Crippen MR) is 39.4 cm³/mol. The molecule has 2 nitrogen and oxygen atoms in total. The molecule has 0 rings (SSSR count). The molecule has 0 aliphatic rings. The summed E-state index contributed by atoms with van der Waals surface area (Å²) in [6.45, 7) is 7.47. The molecule has 0 atom stereocenters. The van der Waals surface area contributed by atoms with E-state index in [9.17, 15) is 4.79 Å². The zero-order valence-electron chi connectivity index (χ0n) is 6.30. The molecule has 0 bridgehead atoms. The highest BCUT2D eigenvalue weighted by Crippen LogP contribution is 1.94. The van der Waals surface area contributed by atoms with Crippen LogP contribution in [0.15, 0.2) is 6.08 Å². The lowest BCUT2D eigenvalue weighted by Gasteiger charge is -1.98. The van der Waals surface area contributed by atoms with Crippen molar-refractivity contribution in [2.75, 3.05) is 6.61 Å². The minimum atomic E-state index is -0.434. The molecule has 0 amide bonds. The van der Waals surface area contributed by atoms with Gasteiger partial charge in [-0.25, -0.2) is 4.79 Å². The third kappa shape index (κ3) is 5.35. The summed E-state index contributed by atoms with van der Waals surface area (Å²) in [6, 6.07) is 0. The number of ether oxygens (including phenoxy) is 1. The number of carbonyl (C=O) groups is 1. The van der Waals surface area contributed by atoms with E-state index in [0.717, 1.165) is 25.3 Å². The van der Waals surface area contributed by atoms with Gasteiger partial charge in [0.1, 0.15) is 0 Å². The largest absolute Gasteiger partial charge is 0.463 e. The van der Waals surface area contributed by atoms with Gasteiger partial charge >= 0.3 is 5.97 Å². The van der Waals surface area contributed by atoms with Gasteiger partial charge in [0.05, 0.1) is 6.61 Å². The van der Waals surface area contributed by atoms with Crippen LogP contribution < -0.4 is 0 Å². The molecule has 57 valence electrons. The van der Waals surface area contributed by atoms with Gasteiger partial charge in [-0.05, 0) is 6.42 Å². The summed E-state index contributed by atoms with van der Waals surface area (Å²) < 4.78 is 4.67. The molecule has 0 aromatic rings. The highest BCUT2D eigenvalue weighted by molar-refractivity contribution is 5.80. The molecule has 0 saturated heterocycles. The Kier molecular flexibility index (Phi) is 5.83. The molecule has 1 radical (unpaired) electrons. The Balaban J connectivity index is 3.03. The molecule has 0 aromatic heterocycles. The van der Waals surface area contributed by atoms with Gasteiger partial charge in [0.15, 0.2) is 0 Å². The number of esters is 1. The fraction of sp³-hybridized carbons (Fsp3) is 0.625. The molecule has 0 unspecified atom stereocenters. The van der Waals surface area contributed by atoms with Crippen molar-refractivity contribution in [2.24, 2.45) is 0 Å². The Morgan fingerprint density at radius 3 is 2.80 bits per heavy atom. The minimum Gasteiger partial charge on any atom is -0.463 e. The number of unbranched alkanes of at least 4 members (excludes halogenated alkanes) is 2. The van der Waals surface area contributed by atoms with Crippen molar-refractivity contribution >= 4 is 5.97 Å². The van der Waals surface area contributed by atoms with Gasteiger partial charge in [-0.15, -0.1) is 0 Å². The van der Waals surface area contributed by atoms with Gasteiger partial charge in [-0.2, -0.15) is 0 Å². The van der Waals surface area contributed by atoms with Crippen LogP contribution in [-0.4, -0.2) is 12.6 Å². The Morgan fingerprint density at radius 2 is 2.30 bits per heavy atom. The number of carbonyl (C=O) groups excluding carboxylic acids is 1. The summed E-state index contributed by atoms with van der Waals surface area (Å²) in [7, 11) is 0. The monoisotopic (exact) mass is 141 g/mol. The average Bonchev–Trinajstić information content (AvgIpc) is 1.98. The molecule has 0 N–H and O–H groups in total. The summed E-state index contributed by atoms with van der Waals surface area (Å²) >= 11 is 0. The van der Waals surface area contributed by atoms with Gasteiger partial charge < -0.3 is 4.74 Å². The Labute approximate surface area is 61.9 Å². The van der Waals surface area contributed by atoms with E-state index in [4.69, 9.17) is 6.58 Å². The van der Waals surface area contributed by atoms with Crippen molar-refractivity contribution in [2.45, 2.75) is 26.2 Å². The summed E-state index contributed by atoms with van der Waals surface area (Å²) in [5.74, 6) is -0.434. The third-order valence-electron chi connectivity index (χ3n) is 1.13. The summed E-state index contributed by atoms with van der Waals surface area (Å²) in [5.41, 5.74) is 0. The third-order valence-corrected chi connectivity index (χ3v) is 1.13. The van der Waals surface area contributed by atoms with Crippen LogP contribution in [0.2, 0.25) is 0 Å². The van der Waals surface area contributed by atoms with Crippen molar-refractivity contribution in [1.29, 1.82) is 0 Å². The zero-order valence-corrected chi connectivity index (χ0v) is 6.30. The van der Waals surface area contributed by atoms with Crippen LogP contribution >= 0.6 is 0 Å². The minimum absolute atomic E-state index is 0.434. The van der Waals surface area contributed by atoms with E-state index in [1.165, 1.54) is 0 Å². The average molecular weight is 141 g/mol. The first-order valence-electron chi connectivity index (χ1n) is 3.53. The Bertz CT molecular complexity index is 108. The summed E-state index contributed by atoms with van der Waals surface area (Å²) in [5, 5.41) is 0. The standard InChI is InChI=1S/C8H13O2/c1-3-5-6-7-10-8(9)4-2/h2,4H,3,5-7H2,1H3. The molecule has 0 spiro atoms. The quantitative estimate of drug-likeness (QED) is 0.331. The van der Waals surface area contributed by atoms with Gasteiger partial charge in [0.2, 0.25) is 0 Å². The second-order valence-electron chi connectivity index (χ2n) is 2.04. The maximum atomic E-state index is 10.4. The highest BCUT2D eigenvalue weighted by atomic mass is 16.5. The molecule has 0 aliphatic heterocycles. The van der Waals surface area contributed by atoms with Gasteiger partial charge in [0, 0.05) is 6.08 Å². The molecule has 2 heteroatoms. The SMILES string of the molecule is [CH]=CC(=O)OCCCCC. The summed E-state index contributed by atoms with van der Waals surface area (Å²) in [6.07, 6.45) is 4.09. The van der Waals surface area contributed by atoms with E-state index in [-0.39, 0.29) is 0 Å². The fourth-order valence-electron chi connectivity index (χ4n) is 0.573. The van der Waals surface area contributed by atoms with E-state index in [1.807, 2.05) is 0 Å². The molecule has 0 saturated carbocycles. The second-order valence-corrected chi connectivity index (χ2v) is 2.04. The zero-order chi connectivity index (χ0) is 7.82. The Morgan fingerprint density at radius 1 is 1.60 bits per heavy atom. The van der Waals surface area contributed by atoms with E-state index >= 15 is 0 Å². The van der Waals surface area contributed by atoms with Crippen molar-refractivity contribution < 1.29 is 9.53 Å². The van der Waals surface area contributed by atoms with E-state index in [1.54, 1.807) is 0 Å². The molecule has 0 aliphatic carbocycles. The Hall–Kier alpha value is -0.790. The smallest absolute Gasteiger partial charge is 0.330 e. The molecule has 10 heavy (non-hydrogen) atoms. The number of hydrogen-bond donors (Lipinski definition) is 0. The van der Waals surface area contributed by atoms with Crippen molar-refractivity contribution in [1.82, 2.24) is 0 Å². The lowest BCUT2D eigenvalue weighted by molar-refractivity contribution is -0.137. The maximum absolute atomic E-state index is 10.4. The lowest BCUT2D eigenvalue weighted by atomic mass is 10.3. The normalized spacial score (nSPS) is 8.90. The highest BCUT2D eigenvalue weighted by Gasteiger charge is 1.92. The van der Waals surface area contributed by atoms with Gasteiger partial charge in [-0.3, -0.25) is 0 Å². The topological polar surface area (TPSA) is 26.3 Å². The molecular formula is C8H13O2. The van der Waals surface area contributed by atoms with Crippen LogP contribution in [0, 0.1) is 6.58 Å². The van der Waals surface area contributed by atoms with Crippen molar-refractivity contribution in [3.63, 3.8) is 0 Å². The van der Waals surface area contributed by atoms with Crippen LogP contribution in [0.3, 0.4) is 0 Å². The van der Waals surface area contributed by atoms with E-state index < -0.39 is 5.97 Å². The van der Waals surface area contributed by atoms with Crippen LogP contribution in [0.5, 0.6) is 0 Å². The molecule has 0 fully saturated rings. The summed E-state index contributed by atoms with van der Waals surface area (Å²) in [4.78, 5) is 10.4. The van der Waals surface area contributed by atoms with Gasteiger partial charge in [-0.1, -0.05) is 26.3 Å². The van der Waals surface area contributed by atoms with Crippen LogP contribution in [-0.2, 0) is 9.53 Å². The van der Waals surface area contributed by atoms with Crippen LogP contribution in [0.1, 0.15) is 26.2 Å². The molecule has 0 heterocycles. The van der Waals surface area contributed by atoms with Crippen molar-refractivity contribution in [3.8, 4) is 0 Å². The number of hydrogen-bond acceptors (Lipinski definition) is 2. The second kappa shape index (κ2) is 6.33. The van der Waals surface area contributed by atoms with E-state index in [0.29, 0.717) is 6.61 Å². The predicted octanol–water partition coefficient (Wildman–Crippen LogP) is 1.71. The van der Waals surface area contributed by atoms with Gasteiger partial charge in [0.25, 0.3) is 0 Å². The molecule has 0 aromatic carbocycles. The van der Waals surface area contributed by atoms with Crippen LogP contribution in [0.4, 0.5) is 0 Å². The molecular weight excluding hydrogens is 128 g/mol. The first-order valence-corrected chi connectivity index (χ1v) is 3.53.